The molecule has 0 fully saturated rings. The van der Waals surface area contributed by atoms with E-state index in [-0.39, 0.29) is 5.78 Å². The number of carbonyl (C=O) groups excluding carboxylic acids is 1. The Labute approximate surface area is 112 Å². The Balaban J connectivity index is 1.65. The van der Waals surface area contributed by atoms with Gasteiger partial charge in [-0.2, -0.15) is 0 Å². The van der Waals surface area contributed by atoms with Crippen LogP contribution in [0.4, 0.5) is 0 Å². The number of aromatic nitrogens is 2. The average molecular weight is 256 g/mol. The fraction of sp³-hybridized carbons (Fsp3) is 0.333. The van der Waals surface area contributed by atoms with Gasteiger partial charge in [0.05, 0.1) is 12.9 Å². The van der Waals surface area contributed by atoms with Crippen LogP contribution in [0.3, 0.4) is 0 Å². The van der Waals surface area contributed by atoms with E-state index in [2.05, 4.69) is 4.98 Å². The predicted molar refractivity (Wildman–Crippen MR) is 71.4 cm³/mol. The van der Waals surface area contributed by atoms with Crippen molar-refractivity contribution in [2.75, 3.05) is 6.61 Å². The zero-order valence-corrected chi connectivity index (χ0v) is 10.7. The minimum Gasteiger partial charge on any atom is -0.492 e. The summed E-state index contributed by atoms with van der Waals surface area (Å²) in [4.78, 5) is 15.8. The minimum absolute atomic E-state index is 0.237. The van der Waals surface area contributed by atoms with E-state index in [0.29, 0.717) is 13.0 Å². The summed E-state index contributed by atoms with van der Waals surface area (Å²) in [5, 5.41) is 0. The van der Waals surface area contributed by atoms with E-state index >= 15 is 0 Å². The average Bonchev–Trinajstić information content (AvgIpc) is 2.93. The van der Waals surface area contributed by atoms with E-state index in [0.717, 1.165) is 36.3 Å². The summed E-state index contributed by atoms with van der Waals surface area (Å²) in [6, 6.07) is 5.84. The van der Waals surface area contributed by atoms with Gasteiger partial charge in [0.15, 0.2) is 5.78 Å². The third kappa shape index (κ3) is 2.67. The number of benzene rings is 1. The van der Waals surface area contributed by atoms with Gasteiger partial charge in [0, 0.05) is 24.4 Å². The first-order valence-electron chi connectivity index (χ1n) is 6.57. The number of Topliss-reactive ketones (excluding diaryl/α,β-unsaturated/α-hetero) is 1. The molecule has 3 rings (SSSR count). The van der Waals surface area contributed by atoms with Crippen LogP contribution in [0.1, 0.15) is 28.8 Å². The molecule has 0 atom stereocenters. The van der Waals surface area contributed by atoms with Crippen LogP contribution < -0.4 is 4.74 Å². The van der Waals surface area contributed by atoms with Crippen LogP contribution in [0.25, 0.3) is 0 Å². The molecule has 1 aliphatic rings. The highest BCUT2D eigenvalue weighted by Gasteiger charge is 2.17. The quantitative estimate of drug-likeness (QED) is 0.844. The third-order valence-electron chi connectivity index (χ3n) is 3.41. The topological polar surface area (TPSA) is 44.1 Å². The molecule has 0 radical (unpaired) electrons. The van der Waals surface area contributed by atoms with E-state index in [4.69, 9.17) is 4.74 Å². The zero-order chi connectivity index (χ0) is 13.1. The van der Waals surface area contributed by atoms with Crippen molar-refractivity contribution in [1.82, 2.24) is 9.55 Å². The van der Waals surface area contributed by atoms with Crippen molar-refractivity contribution in [2.45, 2.75) is 25.8 Å². The molecule has 0 saturated carbocycles. The number of rotatable bonds is 4. The molecule has 0 amide bonds. The Hall–Kier alpha value is -2.10. The van der Waals surface area contributed by atoms with Gasteiger partial charge in [0.25, 0.3) is 0 Å². The number of aryl methyl sites for hydroxylation is 1. The Morgan fingerprint density at radius 1 is 1.32 bits per heavy atom. The van der Waals surface area contributed by atoms with Gasteiger partial charge in [-0.05, 0) is 30.5 Å². The summed E-state index contributed by atoms with van der Waals surface area (Å²) in [5.41, 5.74) is 1.99. The molecule has 4 heteroatoms. The Bertz CT molecular complexity index is 576. The maximum Gasteiger partial charge on any atom is 0.163 e. The summed E-state index contributed by atoms with van der Waals surface area (Å²) in [6.45, 7) is 1.33. The van der Waals surface area contributed by atoms with Crippen molar-refractivity contribution in [3.63, 3.8) is 0 Å². The lowest BCUT2D eigenvalue weighted by Crippen LogP contribution is -2.12. The number of nitrogens with zero attached hydrogens (tertiary/aromatic N) is 2. The molecular weight excluding hydrogens is 240 g/mol. The number of imidazole rings is 1. The summed E-state index contributed by atoms with van der Waals surface area (Å²) in [7, 11) is 0. The number of hydrogen-bond donors (Lipinski definition) is 0. The monoisotopic (exact) mass is 256 g/mol. The molecule has 1 aromatic heterocycles. The molecule has 2 aromatic rings. The van der Waals surface area contributed by atoms with Gasteiger partial charge in [-0.25, -0.2) is 4.98 Å². The van der Waals surface area contributed by atoms with Gasteiger partial charge in [0.2, 0.25) is 0 Å². The highest BCUT2D eigenvalue weighted by Crippen LogP contribution is 2.25. The van der Waals surface area contributed by atoms with Crippen molar-refractivity contribution in [2.24, 2.45) is 0 Å². The SMILES string of the molecule is O=C1CCCc2ccc(OCCn3ccnc3)cc21. The van der Waals surface area contributed by atoms with Crippen LogP contribution in [0, 0.1) is 0 Å². The minimum atomic E-state index is 0.237. The Kier molecular flexibility index (Phi) is 3.31. The van der Waals surface area contributed by atoms with Gasteiger partial charge in [-0.1, -0.05) is 6.07 Å². The van der Waals surface area contributed by atoms with E-state index in [9.17, 15) is 4.79 Å². The highest BCUT2D eigenvalue weighted by atomic mass is 16.5. The van der Waals surface area contributed by atoms with Gasteiger partial charge in [-0.15, -0.1) is 0 Å². The fourth-order valence-electron chi connectivity index (χ4n) is 2.38. The molecule has 0 bridgehead atoms. The summed E-state index contributed by atoms with van der Waals surface area (Å²) < 4.78 is 7.65. The van der Waals surface area contributed by atoms with Crippen molar-refractivity contribution in [3.05, 3.63) is 48.0 Å². The molecule has 1 aromatic carbocycles. The van der Waals surface area contributed by atoms with Crippen molar-refractivity contribution >= 4 is 5.78 Å². The maximum atomic E-state index is 11.8. The van der Waals surface area contributed by atoms with Crippen LogP contribution in [0.15, 0.2) is 36.9 Å². The summed E-state index contributed by atoms with van der Waals surface area (Å²) >= 11 is 0. The van der Waals surface area contributed by atoms with Gasteiger partial charge in [0.1, 0.15) is 12.4 Å². The van der Waals surface area contributed by atoms with Crippen molar-refractivity contribution in [1.29, 1.82) is 0 Å². The van der Waals surface area contributed by atoms with E-state index in [1.54, 1.807) is 12.5 Å². The molecule has 98 valence electrons. The Morgan fingerprint density at radius 3 is 3.11 bits per heavy atom. The summed E-state index contributed by atoms with van der Waals surface area (Å²) in [6.07, 6.45) is 8.03. The fourth-order valence-corrected chi connectivity index (χ4v) is 2.38. The third-order valence-corrected chi connectivity index (χ3v) is 3.41. The second-order valence-corrected chi connectivity index (χ2v) is 4.74. The maximum absolute atomic E-state index is 11.8. The Morgan fingerprint density at radius 2 is 2.26 bits per heavy atom. The number of ketones is 1. The molecule has 4 nitrogen and oxygen atoms in total. The number of fused-ring (bicyclic) bond motifs is 1. The normalized spacial score (nSPS) is 14.2. The lowest BCUT2D eigenvalue weighted by molar-refractivity contribution is 0.0972. The van der Waals surface area contributed by atoms with E-state index in [1.807, 2.05) is 29.0 Å². The highest BCUT2D eigenvalue weighted by molar-refractivity contribution is 5.98. The lowest BCUT2D eigenvalue weighted by atomic mass is 9.90. The molecule has 1 aliphatic carbocycles. The van der Waals surface area contributed by atoms with E-state index in [1.165, 1.54) is 0 Å². The van der Waals surface area contributed by atoms with Crippen molar-refractivity contribution < 1.29 is 9.53 Å². The van der Waals surface area contributed by atoms with Crippen LogP contribution >= 0.6 is 0 Å². The predicted octanol–water partition coefficient (Wildman–Crippen LogP) is 2.48. The molecule has 0 N–H and O–H groups in total. The summed E-state index contributed by atoms with van der Waals surface area (Å²) in [5.74, 6) is 1.01. The standard InChI is InChI=1S/C15H16N2O2/c18-15-3-1-2-12-4-5-13(10-14(12)15)19-9-8-17-7-6-16-11-17/h4-7,10-11H,1-3,8-9H2. The largest absolute Gasteiger partial charge is 0.492 e. The molecular formula is C15H16N2O2. The molecule has 0 saturated heterocycles. The van der Waals surface area contributed by atoms with Gasteiger partial charge < -0.3 is 9.30 Å². The van der Waals surface area contributed by atoms with E-state index < -0.39 is 0 Å². The second-order valence-electron chi connectivity index (χ2n) is 4.74. The number of ether oxygens (including phenoxy) is 1. The van der Waals surface area contributed by atoms with Gasteiger partial charge in [-0.3, -0.25) is 4.79 Å². The van der Waals surface area contributed by atoms with Crippen LogP contribution in [-0.4, -0.2) is 21.9 Å². The first kappa shape index (κ1) is 12.0. The first-order valence-corrected chi connectivity index (χ1v) is 6.57. The second kappa shape index (κ2) is 5.26. The lowest BCUT2D eigenvalue weighted by Gasteiger charge is -2.16. The molecule has 0 unspecified atom stereocenters. The first-order chi connectivity index (χ1) is 9.33. The molecule has 1 heterocycles. The number of hydrogen-bond acceptors (Lipinski definition) is 3. The van der Waals surface area contributed by atoms with Crippen LogP contribution in [0.5, 0.6) is 5.75 Å². The number of carbonyl (C=O) groups is 1. The van der Waals surface area contributed by atoms with Gasteiger partial charge >= 0.3 is 0 Å². The molecule has 0 aliphatic heterocycles. The molecule has 19 heavy (non-hydrogen) atoms. The van der Waals surface area contributed by atoms with Crippen molar-refractivity contribution in [3.8, 4) is 5.75 Å². The van der Waals surface area contributed by atoms with Crippen LogP contribution in [0.2, 0.25) is 0 Å². The van der Waals surface area contributed by atoms with Crippen LogP contribution in [-0.2, 0) is 13.0 Å². The zero-order valence-electron chi connectivity index (χ0n) is 10.7. The molecule has 0 spiro atoms. The smallest absolute Gasteiger partial charge is 0.163 e.